The van der Waals surface area contributed by atoms with Crippen LogP contribution in [0.5, 0.6) is 0 Å². The lowest BCUT2D eigenvalue weighted by Crippen LogP contribution is -2.37. The molecule has 2 aromatic rings. The molecule has 26 heavy (non-hydrogen) atoms. The minimum atomic E-state index is 0.304. The van der Waals surface area contributed by atoms with Crippen molar-refractivity contribution >= 4 is 11.6 Å². The van der Waals surface area contributed by atoms with Gasteiger partial charge >= 0.3 is 0 Å². The third kappa shape index (κ3) is 4.65. The zero-order chi connectivity index (χ0) is 17.8. The van der Waals surface area contributed by atoms with Gasteiger partial charge in [-0.25, -0.2) is 4.98 Å². The molecule has 4 rings (SSSR count). The first-order chi connectivity index (χ1) is 12.8. The van der Waals surface area contributed by atoms with E-state index in [9.17, 15) is 0 Å². The molecule has 3 heterocycles. The highest BCUT2D eigenvalue weighted by molar-refractivity contribution is 6.30. The summed E-state index contributed by atoms with van der Waals surface area (Å²) in [6, 6.07) is 7.64. The SMILES string of the molecule is Clc1cccc(-c2cnc(CN(CC3CCCO3)CC3CCCO3)o2)c1. The molecule has 0 spiro atoms. The fourth-order valence-corrected chi connectivity index (χ4v) is 3.90. The van der Waals surface area contributed by atoms with Gasteiger partial charge in [-0.15, -0.1) is 0 Å². The molecule has 140 valence electrons. The van der Waals surface area contributed by atoms with Crippen LogP contribution in [0.4, 0.5) is 0 Å². The van der Waals surface area contributed by atoms with Gasteiger partial charge in [-0.05, 0) is 37.8 Å². The summed E-state index contributed by atoms with van der Waals surface area (Å²) in [5.41, 5.74) is 0.945. The van der Waals surface area contributed by atoms with Gasteiger partial charge in [-0.2, -0.15) is 0 Å². The molecule has 2 fully saturated rings. The van der Waals surface area contributed by atoms with Gasteiger partial charge in [0.1, 0.15) is 0 Å². The first-order valence-electron chi connectivity index (χ1n) is 9.42. The smallest absolute Gasteiger partial charge is 0.209 e. The standard InChI is InChI=1S/C20H25ClN2O3/c21-16-5-1-4-15(10-16)19-11-22-20(26-19)14-23(12-17-6-2-8-24-17)13-18-7-3-9-25-18/h1,4-5,10-11,17-18H,2-3,6-9,12-14H2. The van der Waals surface area contributed by atoms with E-state index in [0.29, 0.717) is 23.8 Å². The van der Waals surface area contributed by atoms with Crippen molar-refractivity contribution in [1.82, 2.24) is 9.88 Å². The van der Waals surface area contributed by atoms with Crippen LogP contribution in [-0.2, 0) is 16.0 Å². The van der Waals surface area contributed by atoms with Crippen molar-refractivity contribution in [3.8, 4) is 11.3 Å². The third-order valence-electron chi connectivity index (χ3n) is 4.99. The van der Waals surface area contributed by atoms with Crippen molar-refractivity contribution in [3.63, 3.8) is 0 Å². The average molecular weight is 377 g/mol. The van der Waals surface area contributed by atoms with Crippen LogP contribution in [0.25, 0.3) is 11.3 Å². The second kappa shape index (κ2) is 8.53. The summed E-state index contributed by atoms with van der Waals surface area (Å²) in [6.45, 7) is 4.20. The van der Waals surface area contributed by atoms with Gasteiger partial charge < -0.3 is 13.9 Å². The summed E-state index contributed by atoms with van der Waals surface area (Å²) in [6.07, 6.45) is 6.93. The van der Waals surface area contributed by atoms with Crippen LogP contribution in [0, 0.1) is 0 Å². The maximum atomic E-state index is 6.08. The van der Waals surface area contributed by atoms with E-state index in [-0.39, 0.29) is 0 Å². The number of ether oxygens (including phenoxy) is 2. The molecule has 1 aromatic heterocycles. The molecule has 0 aliphatic carbocycles. The Bertz CT molecular complexity index is 691. The second-order valence-electron chi connectivity index (χ2n) is 7.09. The number of benzene rings is 1. The van der Waals surface area contributed by atoms with Crippen molar-refractivity contribution in [1.29, 1.82) is 0 Å². The lowest BCUT2D eigenvalue weighted by molar-refractivity contribution is 0.0317. The molecule has 0 saturated carbocycles. The molecule has 0 amide bonds. The number of rotatable bonds is 7. The van der Waals surface area contributed by atoms with Crippen molar-refractivity contribution in [2.75, 3.05) is 26.3 Å². The van der Waals surface area contributed by atoms with Gasteiger partial charge in [0.15, 0.2) is 5.76 Å². The highest BCUT2D eigenvalue weighted by Gasteiger charge is 2.25. The van der Waals surface area contributed by atoms with Crippen LogP contribution in [0.15, 0.2) is 34.9 Å². The molecular weight excluding hydrogens is 352 g/mol. The molecule has 0 N–H and O–H groups in total. The number of aromatic nitrogens is 1. The second-order valence-corrected chi connectivity index (χ2v) is 7.53. The number of hydrogen-bond donors (Lipinski definition) is 0. The van der Waals surface area contributed by atoms with Crippen LogP contribution in [0.2, 0.25) is 5.02 Å². The third-order valence-corrected chi connectivity index (χ3v) is 5.23. The molecule has 2 aliphatic rings. The topological polar surface area (TPSA) is 47.7 Å². The number of hydrogen-bond acceptors (Lipinski definition) is 5. The Balaban J connectivity index is 1.44. The maximum absolute atomic E-state index is 6.08. The zero-order valence-corrected chi connectivity index (χ0v) is 15.7. The van der Waals surface area contributed by atoms with E-state index < -0.39 is 0 Å². The molecule has 0 bridgehead atoms. The predicted molar refractivity (Wildman–Crippen MR) is 100 cm³/mol. The van der Waals surface area contributed by atoms with Crippen LogP contribution in [0.1, 0.15) is 31.6 Å². The van der Waals surface area contributed by atoms with E-state index in [1.54, 1.807) is 6.20 Å². The lowest BCUT2D eigenvalue weighted by atomic mass is 10.2. The van der Waals surface area contributed by atoms with Gasteiger partial charge in [-0.3, -0.25) is 4.90 Å². The molecule has 1 aromatic carbocycles. The predicted octanol–water partition coefficient (Wildman–Crippen LogP) is 4.16. The summed E-state index contributed by atoms with van der Waals surface area (Å²) in [4.78, 5) is 6.84. The Kier molecular flexibility index (Phi) is 5.90. The summed E-state index contributed by atoms with van der Waals surface area (Å²) in [7, 11) is 0. The van der Waals surface area contributed by atoms with Gasteiger partial charge in [0.05, 0.1) is 24.9 Å². The van der Waals surface area contributed by atoms with Crippen LogP contribution < -0.4 is 0 Å². The van der Waals surface area contributed by atoms with E-state index in [4.69, 9.17) is 25.5 Å². The van der Waals surface area contributed by atoms with Crippen LogP contribution in [-0.4, -0.2) is 48.4 Å². The normalized spacial score (nSPS) is 23.2. The Morgan fingerprint density at radius 1 is 1.08 bits per heavy atom. The van der Waals surface area contributed by atoms with Gasteiger partial charge in [-0.1, -0.05) is 23.7 Å². The average Bonchev–Trinajstić information content (AvgIpc) is 3.37. The zero-order valence-electron chi connectivity index (χ0n) is 14.9. The first kappa shape index (κ1) is 18.0. The Morgan fingerprint density at radius 3 is 2.42 bits per heavy atom. The summed E-state index contributed by atoms with van der Waals surface area (Å²) >= 11 is 6.08. The highest BCUT2D eigenvalue weighted by atomic mass is 35.5. The minimum absolute atomic E-state index is 0.304. The fraction of sp³-hybridized carbons (Fsp3) is 0.550. The monoisotopic (exact) mass is 376 g/mol. The lowest BCUT2D eigenvalue weighted by Gasteiger charge is -2.26. The van der Waals surface area contributed by atoms with Gasteiger partial charge in [0.2, 0.25) is 5.89 Å². The first-order valence-corrected chi connectivity index (χ1v) is 9.80. The molecule has 2 atom stereocenters. The van der Waals surface area contributed by atoms with Crippen molar-refractivity contribution in [3.05, 3.63) is 41.4 Å². The molecule has 6 heteroatoms. The largest absolute Gasteiger partial charge is 0.439 e. The van der Waals surface area contributed by atoms with Crippen LogP contribution >= 0.6 is 11.6 Å². The van der Waals surface area contributed by atoms with Gasteiger partial charge in [0, 0.05) is 36.9 Å². The van der Waals surface area contributed by atoms with E-state index in [2.05, 4.69) is 9.88 Å². The van der Waals surface area contributed by atoms with E-state index >= 15 is 0 Å². The van der Waals surface area contributed by atoms with E-state index in [1.807, 2.05) is 24.3 Å². The summed E-state index contributed by atoms with van der Waals surface area (Å²) < 4.78 is 17.6. The van der Waals surface area contributed by atoms with E-state index in [1.165, 1.54) is 0 Å². The Labute approximate surface area is 159 Å². The number of nitrogens with zero attached hydrogens (tertiary/aromatic N) is 2. The van der Waals surface area contributed by atoms with Crippen molar-refractivity contribution in [2.24, 2.45) is 0 Å². The fourth-order valence-electron chi connectivity index (χ4n) is 3.71. The Morgan fingerprint density at radius 2 is 1.81 bits per heavy atom. The van der Waals surface area contributed by atoms with Crippen molar-refractivity contribution in [2.45, 2.75) is 44.4 Å². The highest BCUT2D eigenvalue weighted by Crippen LogP contribution is 2.25. The van der Waals surface area contributed by atoms with Crippen molar-refractivity contribution < 1.29 is 13.9 Å². The Hall–Kier alpha value is -1.40. The summed E-state index contributed by atoms with van der Waals surface area (Å²) in [5.74, 6) is 1.47. The quantitative estimate of drug-likeness (QED) is 0.726. The molecule has 2 unspecified atom stereocenters. The van der Waals surface area contributed by atoms with Gasteiger partial charge in [0.25, 0.3) is 0 Å². The molecule has 5 nitrogen and oxygen atoms in total. The van der Waals surface area contributed by atoms with E-state index in [0.717, 1.165) is 69.2 Å². The summed E-state index contributed by atoms with van der Waals surface area (Å²) in [5, 5.41) is 0.693. The number of halogens is 1. The molecule has 0 radical (unpaired) electrons. The molecule has 2 saturated heterocycles. The molecule has 2 aliphatic heterocycles. The minimum Gasteiger partial charge on any atom is -0.439 e. The number of oxazole rings is 1. The van der Waals surface area contributed by atoms with Crippen LogP contribution in [0.3, 0.4) is 0 Å². The maximum Gasteiger partial charge on any atom is 0.209 e. The molecular formula is C20H25ClN2O3.